The lowest BCUT2D eigenvalue weighted by atomic mass is 9.82. The number of nitrogens with zero attached hydrogens (tertiary/aromatic N) is 1. The normalized spacial score (nSPS) is 24.4. The van der Waals surface area contributed by atoms with Gasteiger partial charge in [-0.25, -0.2) is 4.39 Å². The predicted molar refractivity (Wildman–Crippen MR) is 94.6 cm³/mol. The molecule has 0 bridgehead atoms. The van der Waals surface area contributed by atoms with Crippen molar-refractivity contribution >= 4 is 11.6 Å². The first-order valence-electron chi connectivity index (χ1n) is 8.63. The lowest BCUT2D eigenvalue weighted by Crippen LogP contribution is -2.42. The van der Waals surface area contributed by atoms with Gasteiger partial charge in [-0.1, -0.05) is 18.2 Å². The second kappa shape index (κ2) is 6.15. The van der Waals surface area contributed by atoms with Crippen LogP contribution in [0, 0.1) is 11.7 Å². The first kappa shape index (κ1) is 16.1. The van der Waals surface area contributed by atoms with Crippen molar-refractivity contribution in [1.29, 1.82) is 0 Å². The smallest absolute Gasteiger partial charge is 0.219 e. The summed E-state index contributed by atoms with van der Waals surface area (Å²) in [6.07, 6.45) is 0.878. The van der Waals surface area contributed by atoms with Gasteiger partial charge in [0.2, 0.25) is 5.91 Å². The topological polar surface area (TPSA) is 52.6 Å². The maximum absolute atomic E-state index is 13.2. The van der Waals surface area contributed by atoms with Crippen molar-refractivity contribution in [2.24, 2.45) is 5.92 Å². The van der Waals surface area contributed by atoms with Crippen molar-refractivity contribution in [2.75, 3.05) is 18.5 Å². The van der Waals surface area contributed by atoms with Crippen LogP contribution in [0.25, 0.3) is 11.1 Å². The molecular weight excluding hydrogens is 319 g/mol. The number of hydrogen-bond donors (Lipinski definition) is 2. The van der Waals surface area contributed by atoms with Crippen LogP contribution in [0.2, 0.25) is 0 Å². The number of rotatable bonds is 2. The zero-order valence-corrected chi connectivity index (χ0v) is 14.1. The number of benzene rings is 2. The van der Waals surface area contributed by atoms with Crippen molar-refractivity contribution in [3.8, 4) is 11.1 Å². The number of likely N-dealkylation sites (tertiary alicyclic amines) is 1. The molecule has 0 aromatic heterocycles. The molecule has 4 nitrogen and oxygen atoms in total. The van der Waals surface area contributed by atoms with Gasteiger partial charge in [-0.05, 0) is 47.4 Å². The molecule has 0 aliphatic carbocycles. The Labute approximate surface area is 146 Å². The fraction of sp³-hybridized carbons (Fsp3) is 0.350. The Morgan fingerprint density at radius 1 is 1.24 bits per heavy atom. The Morgan fingerprint density at radius 2 is 1.96 bits per heavy atom. The average Bonchev–Trinajstić information content (AvgIpc) is 3.07. The summed E-state index contributed by atoms with van der Waals surface area (Å²) in [5.74, 6) is 0.00173. The zero-order chi connectivity index (χ0) is 17.6. The third-order valence-corrected chi connectivity index (χ3v) is 5.45. The minimum absolute atomic E-state index is 0.0219. The summed E-state index contributed by atoms with van der Waals surface area (Å²) in [6, 6.07) is 12.4. The number of nitrogens with one attached hydrogen (secondary N) is 1. The monoisotopic (exact) mass is 340 g/mol. The SMILES string of the molecule is CC(=O)N1CC[C@@H]2[C@H]1c1cc(-c3ccc(F)cc3)ccc1N[C@@H]2CO. The molecule has 1 fully saturated rings. The molecule has 2 N–H and O–H groups in total. The van der Waals surface area contributed by atoms with Crippen molar-refractivity contribution in [2.45, 2.75) is 25.4 Å². The lowest BCUT2D eigenvalue weighted by Gasteiger charge is -2.39. The van der Waals surface area contributed by atoms with Gasteiger partial charge in [0.25, 0.3) is 0 Å². The molecule has 2 aliphatic heterocycles. The molecule has 2 heterocycles. The average molecular weight is 340 g/mol. The van der Waals surface area contributed by atoms with Gasteiger partial charge >= 0.3 is 0 Å². The van der Waals surface area contributed by atoms with E-state index in [2.05, 4.69) is 11.4 Å². The number of fused-ring (bicyclic) bond motifs is 3. The number of hydrogen-bond acceptors (Lipinski definition) is 3. The Bertz CT molecular complexity index is 806. The van der Waals surface area contributed by atoms with Gasteiger partial charge in [-0.3, -0.25) is 4.79 Å². The minimum Gasteiger partial charge on any atom is -0.394 e. The van der Waals surface area contributed by atoms with Crippen LogP contribution in [-0.2, 0) is 4.79 Å². The van der Waals surface area contributed by atoms with Crippen LogP contribution in [0.15, 0.2) is 42.5 Å². The highest BCUT2D eigenvalue weighted by atomic mass is 19.1. The molecule has 25 heavy (non-hydrogen) atoms. The maximum atomic E-state index is 13.2. The number of aliphatic hydroxyl groups excluding tert-OH is 1. The van der Waals surface area contributed by atoms with Crippen LogP contribution in [0.5, 0.6) is 0 Å². The van der Waals surface area contributed by atoms with Gasteiger partial charge in [0.15, 0.2) is 0 Å². The van der Waals surface area contributed by atoms with E-state index in [0.29, 0.717) is 6.54 Å². The second-order valence-electron chi connectivity index (χ2n) is 6.85. The fourth-order valence-corrected chi connectivity index (χ4v) is 4.24. The lowest BCUT2D eigenvalue weighted by molar-refractivity contribution is -0.130. The summed E-state index contributed by atoms with van der Waals surface area (Å²) in [5.41, 5.74) is 3.97. The molecule has 3 atom stereocenters. The Kier molecular flexibility index (Phi) is 3.96. The van der Waals surface area contributed by atoms with E-state index in [-0.39, 0.29) is 36.3 Å². The Balaban J connectivity index is 1.79. The molecule has 0 radical (unpaired) electrons. The second-order valence-corrected chi connectivity index (χ2v) is 6.85. The van der Waals surface area contributed by atoms with E-state index in [1.54, 1.807) is 19.1 Å². The molecule has 5 heteroatoms. The Morgan fingerprint density at radius 3 is 2.64 bits per heavy atom. The van der Waals surface area contributed by atoms with E-state index in [1.165, 1.54) is 12.1 Å². The summed E-state index contributed by atoms with van der Waals surface area (Å²) in [5, 5.41) is 13.2. The number of carbonyl (C=O) groups is 1. The number of halogens is 1. The third kappa shape index (κ3) is 2.68. The first-order valence-corrected chi connectivity index (χ1v) is 8.63. The van der Waals surface area contributed by atoms with Crippen LogP contribution in [0.3, 0.4) is 0 Å². The van der Waals surface area contributed by atoms with Crippen LogP contribution < -0.4 is 5.32 Å². The van der Waals surface area contributed by atoms with Gasteiger partial charge in [-0.2, -0.15) is 0 Å². The molecule has 2 aromatic carbocycles. The van der Waals surface area contributed by atoms with Gasteiger partial charge in [0, 0.05) is 25.1 Å². The number of amides is 1. The minimum atomic E-state index is -0.257. The van der Waals surface area contributed by atoms with E-state index < -0.39 is 0 Å². The quantitative estimate of drug-likeness (QED) is 0.883. The van der Waals surface area contributed by atoms with Crippen molar-refractivity contribution < 1.29 is 14.3 Å². The summed E-state index contributed by atoms with van der Waals surface area (Å²) in [6.45, 7) is 2.36. The van der Waals surface area contributed by atoms with Gasteiger partial charge in [-0.15, -0.1) is 0 Å². The highest BCUT2D eigenvalue weighted by molar-refractivity contribution is 5.76. The van der Waals surface area contributed by atoms with Gasteiger partial charge in [0.1, 0.15) is 5.82 Å². The molecule has 1 saturated heterocycles. The molecule has 0 unspecified atom stereocenters. The van der Waals surface area contributed by atoms with Crippen LogP contribution >= 0.6 is 0 Å². The molecule has 2 aliphatic rings. The molecule has 0 saturated carbocycles. The van der Waals surface area contributed by atoms with Crippen LogP contribution in [-0.4, -0.2) is 35.1 Å². The van der Waals surface area contributed by atoms with E-state index in [4.69, 9.17) is 0 Å². The van der Waals surface area contributed by atoms with Crippen molar-refractivity contribution in [3.05, 3.63) is 53.8 Å². The predicted octanol–water partition coefficient (Wildman–Crippen LogP) is 3.19. The number of anilines is 1. The standard InChI is InChI=1S/C20H21FN2O2/c1-12(25)23-9-8-16-19(11-24)22-18-7-4-14(10-17(18)20(16)23)13-2-5-15(21)6-3-13/h2-7,10,16,19-20,22,24H,8-9,11H2,1H3/t16-,19+,20-/m0/s1. The highest BCUT2D eigenvalue weighted by Crippen LogP contribution is 2.47. The fourth-order valence-electron chi connectivity index (χ4n) is 4.24. The first-order chi connectivity index (χ1) is 12.1. The van der Waals surface area contributed by atoms with E-state index in [9.17, 15) is 14.3 Å². The molecule has 2 aromatic rings. The summed E-state index contributed by atoms with van der Waals surface area (Å²) >= 11 is 0. The molecule has 0 spiro atoms. The van der Waals surface area contributed by atoms with E-state index in [1.807, 2.05) is 17.0 Å². The molecule has 4 rings (SSSR count). The summed E-state index contributed by atoms with van der Waals surface area (Å²) in [7, 11) is 0. The number of carbonyl (C=O) groups excluding carboxylic acids is 1. The summed E-state index contributed by atoms with van der Waals surface area (Å²) in [4.78, 5) is 14.0. The molecule has 130 valence electrons. The summed E-state index contributed by atoms with van der Waals surface area (Å²) < 4.78 is 13.2. The molecular formula is C20H21FN2O2. The largest absolute Gasteiger partial charge is 0.394 e. The van der Waals surface area contributed by atoms with Crippen LogP contribution in [0.4, 0.5) is 10.1 Å². The highest BCUT2D eigenvalue weighted by Gasteiger charge is 2.44. The van der Waals surface area contributed by atoms with E-state index >= 15 is 0 Å². The van der Waals surface area contributed by atoms with Crippen molar-refractivity contribution in [3.63, 3.8) is 0 Å². The van der Waals surface area contributed by atoms with Gasteiger partial charge < -0.3 is 15.3 Å². The maximum Gasteiger partial charge on any atom is 0.219 e. The van der Waals surface area contributed by atoms with Crippen molar-refractivity contribution in [1.82, 2.24) is 4.90 Å². The Hall–Kier alpha value is -2.40. The number of aliphatic hydroxyl groups is 1. The zero-order valence-electron chi connectivity index (χ0n) is 14.1. The third-order valence-electron chi connectivity index (χ3n) is 5.45. The molecule has 1 amide bonds. The van der Waals surface area contributed by atoms with Gasteiger partial charge in [0.05, 0.1) is 18.7 Å². The van der Waals surface area contributed by atoms with E-state index in [0.717, 1.165) is 28.8 Å². The van der Waals surface area contributed by atoms with Crippen LogP contribution in [0.1, 0.15) is 24.9 Å².